The molecule has 0 aliphatic carbocycles. The van der Waals surface area contributed by atoms with Crippen molar-refractivity contribution in [3.63, 3.8) is 0 Å². The van der Waals surface area contributed by atoms with Crippen molar-refractivity contribution in [1.82, 2.24) is 9.80 Å². The molecule has 1 aromatic rings. The molecule has 0 saturated carbocycles. The van der Waals surface area contributed by atoms with Gasteiger partial charge in [0.15, 0.2) is 11.5 Å². The Morgan fingerprint density at radius 1 is 1.23 bits per heavy atom. The highest BCUT2D eigenvalue weighted by Gasteiger charge is 2.39. The molecule has 1 fully saturated rings. The van der Waals surface area contributed by atoms with Crippen LogP contribution in [0.5, 0.6) is 11.5 Å². The van der Waals surface area contributed by atoms with E-state index in [1.807, 2.05) is 12.1 Å². The Hall–Kier alpha value is -1.79. The number of rotatable bonds is 3. The van der Waals surface area contributed by atoms with E-state index >= 15 is 0 Å². The van der Waals surface area contributed by atoms with Crippen molar-refractivity contribution in [2.24, 2.45) is 0 Å². The van der Waals surface area contributed by atoms with E-state index < -0.39 is 0 Å². The Morgan fingerprint density at radius 3 is 2.55 bits per heavy atom. The van der Waals surface area contributed by atoms with Crippen LogP contribution in [0, 0.1) is 0 Å². The summed E-state index contributed by atoms with van der Waals surface area (Å²) in [4.78, 5) is 15.9. The van der Waals surface area contributed by atoms with Crippen LogP contribution in [0.25, 0.3) is 0 Å². The fourth-order valence-electron chi connectivity index (χ4n) is 3.50. The molecule has 6 heteroatoms. The monoisotopic (exact) mass is 306 g/mol. The maximum Gasteiger partial charge on any atom is 0.227 e. The minimum absolute atomic E-state index is 0.0152. The summed E-state index contributed by atoms with van der Waals surface area (Å²) in [5.41, 5.74) is 2.33. The van der Waals surface area contributed by atoms with Crippen LogP contribution in [0.4, 0.5) is 0 Å². The predicted octanol–water partition coefficient (Wildman–Crippen LogP) is 1.13. The number of aliphatic hydroxyl groups is 1. The van der Waals surface area contributed by atoms with Gasteiger partial charge in [0.1, 0.15) is 6.73 Å². The van der Waals surface area contributed by atoms with E-state index in [2.05, 4.69) is 11.8 Å². The third-order valence-electron chi connectivity index (χ3n) is 4.71. The van der Waals surface area contributed by atoms with Crippen molar-refractivity contribution in [1.29, 1.82) is 0 Å². The Bertz CT molecular complexity index is 590. The first-order chi connectivity index (χ1) is 10.6. The first-order valence-corrected chi connectivity index (χ1v) is 7.48. The molecule has 0 spiro atoms. The summed E-state index contributed by atoms with van der Waals surface area (Å²) in [5.74, 6) is 1.40. The lowest BCUT2D eigenvalue weighted by molar-refractivity contribution is -0.148. The van der Waals surface area contributed by atoms with Crippen molar-refractivity contribution in [2.45, 2.75) is 31.8 Å². The van der Waals surface area contributed by atoms with Crippen molar-refractivity contribution in [3.05, 3.63) is 23.3 Å². The van der Waals surface area contributed by atoms with E-state index in [9.17, 15) is 9.90 Å². The molecule has 2 aliphatic rings. The van der Waals surface area contributed by atoms with Gasteiger partial charge in [-0.05, 0) is 36.6 Å². The molecule has 22 heavy (non-hydrogen) atoms. The van der Waals surface area contributed by atoms with Gasteiger partial charge in [0.05, 0.1) is 20.9 Å². The third kappa shape index (κ3) is 2.32. The maximum atomic E-state index is 12.2. The van der Waals surface area contributed by atoms with Crippen LogP contribution in [0.15, 0.2) is 12.1 Å². The number of aliphatic hydroxyl groups excluding tert-OH is 1. The minimum Gasteiger partial charge on any atom is -0.493 e. The highest BCUT2D eigenvalue weighted by Crippen LogP contribution is 2.42. The average molecular weight is 306 g/mol. The SMILES string of the molecule is COc1cc2c(cc1OC)[C@@H]1CC(=O)N(CO)CN1[C@@H](C)C2. The molecule has 1 amide bonds. The zero-order valence-corrected chi connectivity index (χ0v) is 13.2. The third-order valence-corrected chi connectivity index (χ3v) is 4.71. The summed E-state index contributed by atoms with van der Waals surface area (Å²) in [6.45, 7) is 2.39. The van der Waals surface area contributed by atoms with E-state index in [4.69, 9.17) is 9.47 Å². The summed E-state index contributed by atoms with van der Waals surface area (Å²) in [6.07, 6.45) is 1.27. The molecule has 120 valence electrons. The highest BCUT2D eigenvalue weighted by molar-refractivity contribution is 5.78. The van der Waals surface area contributed by atoms with E-state index in [0.29, 0.717) is 24.9 Å². The largest absolute Gasteiger partial charge is 0.493 e. The number of fused-ring (bicyclic) bond motifs is 3. The lowest BCUT2D eigenvalue weighted by Crippen LogP contribution is -2.55. The number of carbonyl (C=O) groups excluding carboxylic acids is 1. The molecule has 1 saturated heterocycles. The first kappa shape index (κ1) is 15.1. The Morgan fingerprint density at radius 2 is 1.91 bits per heavy atom. The molecule has 2 aliphatic heterocycles. The van der Waals surface area contributed by atoms with Crippen LogP contribution in [-0.2, 0) is 11.2 Å². The predicted molar refractivity (Wildman–Crippen MR) is 80.7 cm³/mol. The molecule has 0 bridgehead atoms. The fraction of sp³-hybridized carbons (Fsp3) is 0.562. The number of nitrogens with zero attached hydrogens (tertiary/aromatic N) is 2. The van der Waals surface area contributed by atoms with Gasteiger partial charge in [-0.1, -0.05) is 0 Å². The van der Waals surface area contributed by atoms with Gasteiger partial charge in [-0.25, -0.2) is 0 Å². The first-order valence-electron chi connectivity index (χ1n) is 7.48. The van der Waals surface area contributed by atoms with Crippen LogP contribution < -0.4 is 9.47 Å². The van der Waals surface area contributed by atoms with E-state index in [1.165, 1.54) is 10.5 Å². The van der Waals surface area contributed by atoms with Crippen LogP contribution >= 0.6 is 0 Å². The lowest BCUT2D eigenvalue weighted by atomic mass is 9.85. The fourth-order valence-corrected chi connectivity index (χ4v) is 3.50. The van der Waals surface area contributed by atoms with Gasteiger partial charge >= 0.3 is 0 Å². The topological polar surface area (TPSA) is 62.2 Å². The molecule has 0 aromatic heterocycles. The second-order valence-electron chi connectivity index (χ2n) is 5.91. The molecular formula is C16H22N2O4. The Balaban J connectivity index is 2.02. The second kappa shape index (κ2) is 5.78. The van der Waals surface area contributed by atoms with Gasteiger partial charge in [-0.3, -0.25) is 9.69 Å². The summed E-state index contributed by atoms with van der Waals surface area (Å²) >= 11 is 0. The number of benzene rings is 1. The molecule has 3 rings (SSSR count). The van der Waals surface area contributed by atoms with Gasteiger partial charge in [0.2, 0.25) is 5.91 Å². The van der Waals surface area contributed by atoms with E-state index in [0.717, 1.165) is 17.7 Å². The van der Waals surface area contributed by atoms with Gasteiger partial charge in [-0.2, -0.15) is 0 Å². The number of amides is 1. The van der Waals surface area contributed by atoms with Crippen molar-refractivity contribution in [3.8, 4) is 11.5 Å². The number of hydrogen-bond donors (Lipinski definition) is 1. The molecule has 0 unspecified atom stereocenters. The van der Waals surface area contributed by atoms with Crippen molar-refractivity contribution < 1.29 is 19.4 Å². The van der Waals surface area contributed by atoms with Crippen LogP contribution in [0.2, 0.25) is 0 Å². The minimum atomic E-state index is -0.229. The zero-order valence-electron chi connectivity index (χ0n) is 13.2. The molecule has 1 N–H and O–H groups in total. The van der Waals surface area contributed by atoms with Crippen LogP contribution in [-0.4, -0.2) is 54.5 Å². The van der Waals surface area contributed by atoms with Gasteiger partial charge < -0.3 is 19.5 Å². The van der Waals surface area contributed by atoms with Crippen LogP contribution in [0.3, 0.4) is 0 Å². The standard InChI is InChI=1S/C16H22N2O4/c1-10-4-11-5-14(21-2)15(22-3)6-12(11)13-7-16(20)17(9-19)8-18(10)13/h5-6,10,13,19H,4,7-9H2,1-3H3/t10-,13-/m0/s1. The lowest BCUT2D eigenvalue weighted by Gasteiger charge is -2.47. The summed E-state index contributed by atoms with van der Waals surface area (Å²) in [5, 5.41) is 9.33. The Kier molecular flexibility index (Phi) is 3.97. The quantitative estimate of drug-likeness (QED) is 0.907. The van der Waals surface area contributed by atoms with Crippen molar-refractivity contribution in [2.75, 3.05) is 27.6 Å². The number of carbonyl (C=O) groups is 1. The summed E-state index contributed by atoms with van der Waals surface area (Å²) < 4.78 is 10.8. The molecule has 2 atom stereocenters. The number of methoxy groups -OCH3 is 2. The van der Waals surface area contributed by atoms with E-state index in [1.54, 1.807) is 14.2 Å². The van der Waals surface area contributed by atoms with Crippen molar-refractivity contribution >= 4 is 5.91 Å². The Labute approximate surface area is 130 Å². The zero-order chi connectivity index (χ0) is 15.9. The summed E-state index contributed by atoms with van der Waals surface area (Å²) in [6, 6.07) is 4.34. The highest BCUT2D eigenvalue weighted by atomic mass is 16.5. The van der Waals surface area contributed by atoms with Crippen LogP contribution in [0.1, 0.15) is 30.5 Å². The molecule has 2 heterocycles. The second-order valence-corrected chi connectivity index (χ2v) is 5.91. The van der Waals surface area contributed by atoms with E-state index in [-0.39, 0.29) is 18.7 Å². The molecule has 0 radical (unpaired) electrons. The molecular weight excluding hydrogens is 284 g/mol. The summed E-state index contributed by atoms with van der Waals surface area (Å²) in [7, 11) is 3.25. The smallest absolute Gasteiger partial charge is 0.227 e. The van der Waals surface area contributed by atoms with Gasteiger partial charge in [-0.15, -0.1) is 0 Å². The van der Waals surface area contributed by atoms with Gasteiger partial charge in [0, 0.05) is 18.5 Å². The molecule has 1 aromatic carbocycles. The average Bonchev–Trinajstić information content (AvgIpc) is 2.53. The van der Waals surface area contributed by atoms with Gasteiger partial charge in [0.25, 0.3) is 0 Å². The molecule has 6 nitrogen and oxygen atoms in total. The number of ether oxygens (including phenoxy) is 2. The normalized spacial score (nSPS) is 24.7. The number of hydrogen-bond acceptors (Lipinski definition) is 5. The maximum absolute atomic E-state index is 12.2.